The molecule has 2 aromatic rings. The molecule has 1 fully saturated rings. The zero-order valence-corrected chi connectivity index (χ0v) is 15.2. The Bertz CT molecular complexity index is 806. The maximum Gasteiger partial charge on any atom is 0.0682 e. The molecule has 25 heavy (non-hydrogen) atoms. The van der Waals surface area contributed by atoms with Crippen LogP contribution in [-0.4, -0.2) is 36.5 Å². The van der Waals surface area contributed by atoms with E-state index < -0.39 is 0 Å². The van der Waals surface area contributed by atoms with Crippen LogP contribution in [0.2, 0.25) is 0 Å². The first kappa shape index (κ1) is 15.7. The fourth-order valence-corrected chi connectivity index (χ4v) is 5.82. The summed E-state index contributed by atoms with van der Waals surface area (Å²) in [5.74, 6) is 1.82. The summed E-state index contributed by atoms with van der Waals surface area (Å²) in [7, 11) is 0. The van der Waals surface area contributed by atoms with Crippen LogP contribution in [0.25, 0.3) is 11.1 Å². The molecular formula is C21H24N2OS. The minimum absolute atomic E-state index is 0.1000. The molecule has 3 heterocycles. The molecule has 3 aliphatic heterocycles. The van der Waals surface area contributed by atoms with Crippen LogP contribution in [0.5, 0.6) is 0 Å². The average Bonchev–Trinajstić information content (AvgIpc) is 2.83. The van der Waals surface area contributed by atoms with Gasteiger partial charge in [0.05, 0.1) is 12.3 Å². The van der Waals surface area contributed by atoms with Gasteiger partial charge in [0.1, 0.15) is 0 Å². The van der Waals surface area contributed by atoms with Gasteiger partial charge in [-0.15, -0.1) is 11.8 Å². The van der Waals surface area contributed by atoms with Crippen molar-refractivity contribution in [3.63, 3.8) is 0 Å². The summed E-state index contributed by atoms with van der Waals surface area (Å²) in [6.45, 7) is 3.54. The second-order valence-electron chi connectivity index (χ2n) is 7.33. The number of hydrogen-bond acceptors (Lipinski definition) is 4. The van der Waals surface area contributed by atoms with E-state index in [9.17, 15) is 5.11 Å². The normalized spacial score (nSPS) is 24.6. The van der Waals surface area contributed by atoms with Gasteiger partial charge in [0.25, 0.3) is 0 Å². The molecule has 0 bridgehead atoms. The van der Waals surface area contributed by atoms with Gasteiger partial charge in [-0.3, -0.25) is 0 Å². The summed E-state index contributed by atoms with van der Waals surface area (Å²) in [4.78, 5) is 4.16. The first-order valence-electron chi connectivity index (χ1n) is 9.33. The van der Waals surface area contributed by atoms with Gasteiger partial charge in [0, 0.05) is 29.9 Å². The van der Waals surface area contributed by atoms with Crippen molar-refractivity contribution in [2.45, 2.75) is 36.3 Å². The molecule has 1 saturated heterocycles. The third-order valence-electron chi connectivity index (χ3n) is 5.88. The molecule has 5 rings (SSSR count). The Kier molecular flexibility index (Phi) is 4.00. The first-order chi connectivity index (χ1) is 12.3. The molecule has 0 amide bonds. The van der Waals surface area contributed by atoms with Gasteiger partial charge in [-0.25, -0.2) is 0 Å². The lowest BCUT2D eigenvalue weighted by Crippen LogP contribution is -2.44. The lowest BCUT2D eigenvalue weighted by atomic mass is 9.88. The van der Waals surface area contributed by atoms with Crippen molar-refractivity contribution in [3.8, 4) is 11.1 Å². The van der Waals surface area contributed by atoms with E-state index in [-0.39, 0.29) is 6.61 Å². The predicted molar refractivity (Wildman–Crippen MR) is 105 cm³/mol. The van der Waals surface area contributed by atoms with E-state index in [4.69, 9.17) is 0 Å². The van der Waals surface area contributed by atoms with Gasteiger partial charge in [-0.05, 0) is 65.6 Å². The number of aliphatic hydroxyl groups excluding tert-OH is 1. The lowest BCUT2D eigenvalue weighted by Gasteiger charge is -2.33. The number of benzene rings is 2. The van der Waals surface area contributed by atoms with Gasteiger partial charge in [0.2, 0.25) is 0 Å². The van der Waals surface area contributed by atoms with Crippen LogP contribution in [0.1, 0.15) is 29.9 Å². The smallest absolute Gasteiger partial charge is 0.0682 e. The molecule has 0 aliphatic carbocycles. The molecule has 0 radical (unpaired) electrons. The Balaban J connectivity index is 1.66. The number of nitrogens with zero attached hydrogens (tertiary/aromatic N) is 1. The number of anilines is 1. The van der Waals surface area contributed by atoms with Gasteiger partial charge in [-0.2, -0.15) is 0 Å². The number of piperidine rings is 1. The van der Waals surface area contributed by atoms with Crippen molar-refractivity contribution in [3.05, 3.63) is 47.5 Å². The highest BCUT2D eigenvalue weighted by Gasteiger charge is 2.41. The first-order valence-corrected chi connectivity index (χ1v) is 10.3. The van der Waals surface area contributed by atoms with Crippen LogP contribution in [-0.2, 0) is 6.61 Å². The van der Waals surface area contributed by atoms with E-state index in [0.29, 0.717) is 12.0 Å². The van der Waals surface area contributed by atoms with E-state index in [1.165, 1.54) is 52.4 Å². The van der Waals surface area contributed by atoms with Crippen molar-refractivity contribution in [2.24, 2.45) is 0 Å². The van der Waals surface area contributed by atoms with Gasteiger partial charge in [-0.1, -0.05) is 18.2 Å². The van der Waals surface area contributed by atoms with Gasteiger partial charge < -0.3 is 15.3 Å². The summed E-state index contributed by atoms with van der Waals surface area (Å²) in [5.41, 5.74) is 6.55. The van der Waals surface area contributed by atoms with Crippen LogP contribution in [0.4, 0.5) is 5.69 Å². The van der Waals surface area contributed by atoms with Gasteiger partial charge >= 0.3 is 0 Å². The standard InChI is InChI=1S/C21H24N2OS/c24-13-14-3-1-4-15(9-14)16-10-17-18-12-22-6-5-19(18)23-7-2-8-25-20(11-16)21(17)23/h1,3-4,9-11,18-19,22,24H,2,5-8,12-13H2/t18-,19-/m0/s1. The number of aliphatic hydroxyl groups is 1. The van der Waals surface area contributed by atoms with E-state index in [0.717, 1.165) is 18.7 Å². The molecule has 2 N–H and O–H groups in total. The quantitative estimate of drug-likeness (QED) is 0.866. The Morgan fingerprint density at radius 1 is 1.20 bits per heavy atom. The minimum atomic E-state index is 0.1000. The number of hydrogen-bond donors (Lipinski definition) is 2. The average molecular weight is 353 g/mol. The second-order valence-corrected chi connectivity index (χ2v) is 8.47. The fourth-order valence-electron chi connectivity index (χ4n) is 4.74. The van der Waals surface area contributed by atoms with E-state index in [1.54, 1.807) is 0 Å². The third-order valence-corrected chi connectivity index (χ3v) is 7.00. The largest absolute Gasteiger partial charge is 0.392 e. The lowest BCUT2D eigenvalue weighted by molar-refractivity contribution is 0.282. The summed E-state index contributed by atoms with van der Waals surface area (Å²) in [6.07, 6.45) is 2.52. The number of fused-ring (bicyclic) bond motifs is 3. The molecule has 3 aliphatic rings. The van der Waals surface area contributed by atoms with Crippen molar-refractivity contribution in [2.75, 3.05) is 30.3 Å². The SMILES string of the molecule is OCc1cccc(-c2cc3c4c(c2)[C@@H]2CNCC[C@@H]2N4CCCS3)c1. The highest BCUT2D eigenvalue weighted by molar-refractivity contribution is 7.99. The number of nitrogens with one attached hydrogen (secondary N) is 1. The Labute approximate surface area is 153 Å². The van der Waals surface area contributed by atoms with Crippen LogP contribution < -0.4 is 10.2 Å². The maximum absolute atomic E-state index is 9.48. The van der Waals surface area contributed by atoms with E-state index >= 15 is 0 Å². The monoisotopic (exact) mass is 352 g/mol. The summed E-state index contributed by atoms with van der Waals surface area (Å²) < 4.78 is 0. The highest BCUT2D eigenvalue weighted by atomic mass is 32.2. The van der Waals surface area contributed by atoms with Crippen LogP contribution >= 0.6 is 11.8 Å². The van der Waals surface area contributed by atoms with Crippen LogP contribution in [0.3, 0.4) is 0 Å². The molecule has 2 atom stereocenters. The maximum atomic E-state index is 9.48. The molecule has 4 heteroatoms. The van der Waals surface area contributed by atoms with Crippen molar-refractivity contribution in [1.82, 2.24) is 5.32 Å². The molecule has 130 valence electrons. The molecule has 0 saturated carbocycles. The Morgan fingerprint density at radius 2 is 2.16 bits per heavy atom. The number of rotatable bonds is 2. The highest BCUT2D eigenvalue weighted by Crippen LogP contribution is 2.51. The zero-order valence-electron chi connectivity index (χ0n) is 14.4. The molecule has 0 unspecified atom stereocenters. The van der Waals surface area contributed by atoms with Crippen LogP contribution in [0, 0.1) is 0 Å². The number of thioether (sulfide) groups is 1. The molecular weight excluding hydrogens is 328 g/mol. The minimum Gasteiger partial charge on any atom is -0.392 e. The summed E-state index contributed by atoms with van der Waals surface area (Å²) in [6, 6.07) is 13.8. The van der Waals surface area contributed by atoms with E-state index in [1.807, 2.05) is 17.8 Å². The van der Waals surface area contributed by atoms with Gasteiger partial charge in [0.15, 0.2) is 0 Å². The Hall–Kier alpha value is -1.49. The predicted octanol–water partition coefficient (Wildman–Crippen LogP) is 3.61. The molecule has 3 nitrogen and oxygen atoms in total. The summed E-state index contributed by atoms with van der Waals surface area (Å²) in [5, 5.41) is 13.1. The molecule has 0 aromatic heterocycles. The van der Waals surface area contributed by atoms with Crippen molar-refractivity contribution >= 4 is 17.4 Å². The Morgan fingerprint density at radius 3 is 3.08 bits per heavy atom. The molecule has 2 aromatic carbocycles. The zero-order chi connectivity index (χ0) is 16.8. The van der Waals surface area contributed by atoms with E-state index in [2.05, 4.69) is 40.5 Å². The van der Waals surface area contributed by atoms with Crippen molar-refractivity contribution < 1.29 is 5.11 Å². The molecule has 0 spiro atoms. The van der Waals surface area contributed by atoms with Crippen LogP contribution in [0.15, 0.2) is 41.3 Å². The topological polar surface area (TPSA) is 35.5 Å². The fraction of sp³-hybridized carbons (Fsp3) is 0.429. The summed E-state index contributed by atoms with van der Waals surface area (Å²) >= 11 is 2.02. The van der Waals surface area contributed by atoms with Crippen molar-refractivity contribution in [1.29, 1.82) is 0 Å². The third kappa shape index (κ3) is 2.59. The second kappa shape index (κ2) is 6.35.